The fraction of sp³-hybridized carbons (Fsp3) is 0.333. The van der Waals surface area contributed by atoms with Crippen molar-refractivity contribution in [2.75, 3.05) is 36.1 Å². The van der Waals surface area contributed by atoms with Gasteiger partial charge in [-0.15, -0.1) is 0 Å². The van der Waals surface area contributed by atoms with E-state index in [0.29, 0.717) is 43.9 Å². The Kier molecular flexibility index (Phi) is 8.09. The fourth-order valence-electron chi connectivity index (χ4n) is 5.02. The van der Waals surface area contributed by atoms with Gasteiger partial charge >= 0.3 is 5.97 Å². The minimum atomic E-state index is -1.04. The van der Waals surface area contributed by atoms with E-state index in [1.807, 2.05) is 18.3 Å². The average Bonchev–Trinajstić information content (AvgIpc) is 3.51. The van der Waals surface area contributed by atoms with Crippen LogP contribution in [0.15, 0.2) is 67.1 Å². The van der Waals surface area contributed by atoms with Crippen molar-refractivity contribution in [1.82, 2.24) is 9.97 Å². The largest absolute Gasteiger partial charge is 0.478 e. The minimum Gasteiger partial charge on any atom is -0.478 e. The van der Waals surface area contributed by atoms with E-state index in [-0.39, 0.29) is 11.8 Å². The summed E-state index contributed by atoms with van der Waals surface area (Å²) in [6, 6.07) is 14.3. The van der Waals surface area contributed by atoms with Crippen molar-refractivity contribution in [3.05, 3.63) is 78.3 Å². The summed E-state index contributed by atoms with van der Waals surface area (Å²) in [5.74, 6) is -1.16. The Morgan fingerprint density at radius 2 is 1.87 bits per heavy atom. The van der Waals surface area contributed by atoms with E-state index in [0.717, 1.165) is 36.0 Å². The molecule has 2 aliphatic heterocycles. The molecule has 2 saturated heterocycles. The number of carbonyl (C=O) groups excluding carboxylic acids is 1. The molecule has 0 radical (unpaired) electrons. The van der Waals surface area contributed by atoms with Gasteiger partial charge in [-0.1, -0.05) is 18.2 Å². The number of nitrogens with zero attached hydrogens (tertiary/aromatic N) is 4. The standard InChI is InChI=1S/C30H32N4O4/c35-29(36)9-7-22-16-27(20-31-18-22)34(30(37)24-10-14-38-15-11-24)21-23-6-8-28(32-19-23)25-4-3-5-26(17-25)33-12-1-2-13-33/h3-9,16-20,24H,1-2,10-15,21H2,(H,35,36)/b9-7+. The second-order valence-electron chi connectivity index (χ2n) is 9.76. The van der Waals surface area contributed by atoms with Crippen LogP contribution in [-0.2, 0) is 20.9 Å². The van der Waals surface area contributed by atoms with E-state index >= 15 is 0 Å². The smallest absolute Gasteiger partial charge is 0.328 e. The van der Waals surface area contributed by atoms with Crippen molar-refractivity contribution in [3.8, 4) is 11.3 Å². The predicted octanol–water partition coefficient (Wildman–Crippen LogP) is 4.80. The van der Waals surface area contributed by atoms with Gasteiger partial charge in [-0.2, -0.15) is 0 Å². The fourth-order valence-corrected chi connectivity index (χ4v) is 5.02. The van der Waals surface area contributed by atoms with Gasteiger partial charge in [0.2, 0.25) is 5.91 Å². The molecular formula is C30H32N4O4. The number of aromatic nitrogens is 2. The molecule has 2 aliphatic rings. The SMILES string of the molecule is O=C(O)/C=C/c1cncc(N(Cc2ccc(-c3cccc(N4CCCC4)c3)nc2)C(=O)C2CCOCC2)c1. The Morgan fingerprint density at radius 3 is 2.61 bits per heavy atom. The molecule has 1 N–H and O–H groups in total. The maximum absolute atomic E-state index is 13.6. The van der Waals surface area contributed by atoms with E-state index in [1.165, 1.54) is 24.6 Å². The Balaban J connectivity index is 1.38. The van der Waals surface area contributed by atoms with Crippen molar-refractivity contribution < 1.29 is 19.4 Å². The Bertz CT molecular complexity index is 1300. The van der Waals surface area contributed by atoms with Gasteiger partial charge in [0.25, 0.3) is 0 Å². The number of hydrogen-bond acceptors (Lipinski definition) is 6. The highest BCUT2D eigenvalue weighted by atomic mass is 16.5. The molecule has 3 aromatic rings. The number of carboxylic acid groups (broad SMARTS) is 1. The molecular weight excluding hydrogens is 480 g/mol. The maximum atomic E-state index is 13.6. The van der Waals surface area contributed by atoms with Gasteiger partial charge in [-0.25, -0.2) is 4.79 Å². The number of rotatable bonds is 8. The zero-order valence-corrected chi connectivity index (χ0v) is 21.3. The minimum absolute atomic E-state index is 0.0110. The molecule has 196 valence electrons. The molecule has 0 aliphatic carbocycles. The maximum Gasteiger partial charge on any atom is 0.328 e. The number of benzene rings is 1. The highest BCUT2D eigenvalue weighted by molar-refractivity contribution is 5.95. The molecule has 8 nitrogen and oxygen atoms in total. The molecule has 0 atom stereocenters. The second kappa shape index (κ2) is 12.0. The summed E-state index contributed by atoms with van der Waals surface area (Å²) >= 11 is 0. The summed E-state index contributed by atoms with van der Waals surface area (Å²) in [7, 11) is 0. The van der Waals surface area contributed by atoms with Crippen LogP contribution in [0.5, 0.6) is 0 Å². The summed E-state index contributed by atoms with van der Waals surface area (Å²) in [6.07, 6.45) is 11.4. The molecule has 5 rings (SSSR count). The van der Waals surface area contributed by atoms with Gasteiger partial charge in [-0.3, -0.25) is 14.8 Å². The van der Waals surface area contributed by atoms with E-state index in [9.17, 15) is 9.59 Å². The second-order valence-corrected chi connectivity index (χ2v) is 9.76. The lowest BCUT2D eigenvalue weighted by molar-refractivity contribution is -0.131. The number of amides is 1. The molecule has 38 heavy (non-hydrogen) atoms. The number of pyridine rings is 2. The molecule has 0 saturated carbocycles. The molecule has 0 unspecified atom stereocenters. The van der Waals surface area contributed by atoms with Gasteiger partial charge in [0.15, 0.2) is 0 Å². The third kappa shape index (κ3) is 6.26. The van der Waals surface area contributed by atoms with Crippen molar-refractivity contribution in [2.24, 2.45) is 5.92 Å². The van der Waals surface area contributed by atoms with Crippen molar-refractivity contribution in [2.45, 2.75) is 32.2 Å². The first-order valence-electron chi connectivity index (χ1n) is 13.1. The Labute approximate surface area is 222 Å². The lowest BCUT2D eigenvalue weighted by Gasteiger charge is -2.29. The van der Waals surface area contributed by atoms with Gasteiger partial charge in [0.05, 0.1) is 24.1 Å². The summed E-state index contributed by atoms with van der Waals surface area (Å²) in [5, 5.41) is 8.99. The summed E-state index contributed by atoms with van der Waals surface area (Å²) < 4.78 is 5.46. The molecule has 1 amide bonds. The zero-order chi connectivity index (χ0) is 26.3. The molecule has 0 bridgehead atoms. The lowest BCUT2D eigenvalue weighted by atomic mass is 9.98. The topological polar surface area (TPSA) is 95.9 Å². The molecule has 4 heterocycles. The van der Waals surface area contributed by atoms with Gasteiger partial charge in [0, 0.05) is 61.9 Å². The van der Waals surface area contributed by atoms with Crippen LogP contribution in [0.4, 0.5) is 11.4 Å². The summed E-state index contributed by atoms with van der Waals surface area (Å²) in [4.78, 5) is 37.7. The summed E-state index contributed by atoms with van der Waals surface area (Å²) in [6.45, 7) is 3.66. The normalized spacial score (nSPS) is 16.2. The predicted molar refractivity (Wildman–Crippen MR) is 147 cm³/mol. The van der Waals surface area contributed by atoms with E-state index in [1.54, 1.807) is 23.4 Å². The van der Waals surface area contributed by atoms with Crippen LogP contribution in [0.1, 0.15) is 36.8 Å². The van der Waals surface area contributed by atoms with E-state index in [4.69, 9.17) is 14.8 Å². The number of anilines is 2. The number of aliphatic carboxylic acids is 1. The van der Waals surface area contributed by atoms with Gasteiger partial charge < -0.3 is 19.6 Å². The van der Waals surface area contributed by atoms with Crippen LogP contribution in [-0.4, -0.2) is 53.3 Å². The monoisotopic (exact) mass is 512 g/mol. The third-order valence-electron chi connectivity index (χ3n) is 7.09. The quantitative estimate of drug-likeness (QED) is 0.433. The lowest BCUT2D eigenvalue weighted by Crippen LogP contribution is -2.38. The third-order valence-corrected chi connectivity index (χ3v) is 7.09. The molecule has 8 heteroatoms. The van der Waals surface area contributed by atoms with Crippen molar-refractivity contribution >= 4 is 29.3 Å². The number of hydrogen-bond donors (Lipinski definition) is 1. The van der Waals surface area contributed by atoms with Crippen LogP contribution in [0.25, 0.3) is 17.3 Å². The number of carbonyl (C=O) groups is 2. The highest BCUT2D eigenvalue weighted by Gasteiger charge is 2.28. The van der Waals surface area contributed by atoms with Crippen LogP contribution in [0.2, 0.25) is 0 Å². The van der Waals surface area contributed by atoms with Crippen LogP contribution in [0, 0.1) is 5.92 Å². The van der Waals surface area contributed by atoms with Crippen molar-refractivity contribution in [1.29, 1.82) is 0 Å². The zero-order valence-electron chi connectivity index (χ0n) is 21.3. The Hall–Kier alpha value is -4.04. The van der Waals surface area contributed by atoms with Crippen LogP contribution < -0.4 is 9.80 Å². The van der Waals surface area contributed by atoms with Crippen LogP contribution in [0.3, 0.4) is 0 Å². The molecule has 2 fully saturated rings. The van der Waals surface area contributed by atoms with E-state index in [2.05, 4.69) is 34.1 Å². The van der Waals surface area contributed by atoms with Crippen LogP contribution >= 0.6 is 0 Å². The average molecular weight is 513 g/mol. The van der Waals surface area contributed by atoms with Crippen molar-refractivity contribution in [3.63, 3.8) is 0 Å². The van der Waals surface area contributed by atoms with Gasteiger partial charge in [-0.05, 0) is 67.2 Å². The molecule has 1 aromatic carbocycles. The number of carboxylic acids is 1. The molecule has 0 spiro atoms. The number of ether oxygens (including phenoxy) is 1. The molecule has 2 aromatic heterocycles. The van der Waals surface area contributed by atoms with Gasteiger partial charge in [0.1, 0.15) is 0 Å². The first kappa shape index (κ1) is 25.6. The Morgan fingerprint density at radius 1 is 1.05 bits per heavy atom. The summed E-state index contributed by atoms with van der Waals surface area (Å²) in [5.41, 5.74) is 5.31. The highest BCUT2D eigenvalue weighted by Crippen LogP contribution is 2.28. The first-order valence-corrected chi connectivity index (χ1v) is 13.1. The first-order chi connectivity index (χ1) is 18.6. The van der Waals surface area contributed by atoms with E-state index < -0.39 is 5.97 Å².